The van der Waals surface area contributed by atoms with Crippen molar-refractivity contribution in [2.75, 3.05) is 0 Å². The van der Waals surface area contributed by atoms with Gasteiger partial charge in [-0.2, -0.15) is 0 Å². The lowest BCUT2D eigenvalue weighted by molar-refractivity contribution is -0.125. The van der Waals surface area contributed by atoms with Crippen molar-refractivity contribution in [3.05, 3.63) is 33.6 Å². The number of carbonyl (C=O) groups excluding carboxylic acids is 2. The summed E-state index contributed by atoms with van der Waals surface area (Å²) in [6.07, 6.45) is 2.25. The fraction of sp³-hybridized carbons (Fsp3) is 0.556. The van der Waals surface area contributed by atoms with Crippen LogP contribution in [0.3, 0.4) is 0 Å². The molecule has 2 saturated carbocycles. The number of hydrogen-bond donors (Lipinski definition) is 3. The molecule has 9 heteroatoms. The van der Waals surface area contributed by atoms with Gasteiger partial charge in [0.15, 0.2) is 0 Å². The molecule has 2 aromatic heterocycles. The van der Waals surface area contributed by atoms with Gasteiger partial charge in [0.25, 0.3) is 5.91 Å². The fourth-order valence-corrected chi connectivity index (χ4v) is 4.14. The predicted molar refractivity (Wildman–Crippen MR) is 97.2 cm³/mol. The number of aliphatic hydroxyl groups is 1. The summed E-state index contributed by atoms with van der Waals surface area (Å²) < 4.78 is 5.28. The maximum Gasteiger partial charge on any atom is 0.263 e. The molecule has 2 fully saturated rings. The van der Waals surface area contributed by atoms with E-state index >= 15 is 0 Å². The van der Waals surface area contributed by atoms with Crippen LogP contribution in [0.4, 0.5) is 0 Å². The lowest BCUT2D eigenvalue weighted by Crippen LogP contribution is -2.40. The zero-order valence-corrected chi connectivity index (χ0v) is 15.8. The van der Waals surface area contributed by atoms with Crippen LogP contribution in [0.2, 0.25) is 0 Å². The van der Waals surface area contributed by atoms with Crippen LogP contribution in [0.25, 0.3) is 0 Å². The minimum atomic E-state index is -0.744. The van der Waals surface area contributed by atoms with Gasteiger partial charge in [-0.3, -0.25) is 9.59 Å². The Bertz CT molecular complexity index is 844. The van der Waals surface area contributed by atoms with Crippen molar-refractivity contribution in [2.45, 2.75) is 57.2 Å². The van der Waals surface area contributed by atoms with Crippen LogP contribution in [0.15, 0.2) is 16.1 Å². The summed E-state index contributed by atoms with van der Waals surface area (Å²) in [4.78, 5) is 29.3. The molecule has 2 aliphatic carbocycles. The minimum absolute atomic E-state index is 0.143. The smallest absolute Gasteiger partial charge is 0.263 e. The third kappa shape index (κ3) is 4.03. The number of aliphatic hydroxyl groups excluding tert-OH is 1. The first-order chi connectivity index (χ1) is 13.0. The van der Waals surface area contributed by atoms with Gasteiger partial charge in [-0.15, -0.1) is 11.3 Å². The van der Waals surface area contributed by atoms with E-state index in [1.165, 1.54) is 11.3 Å². The van der Waals surface area contributed by atoms with E-state index in [0.717, 1.165) is 18.6 Å². The van der Waals surface area contributed by atoms with Gasteiger partial charge < -0.3 is 20.3 Å². The second-order valence-corrected chi connectivity index (χ2v) is 8.15. The maximum absolute atomic E-state index is 12.4. The number of carbonyl (C=O) groups is 2. The topological polar surface area (TPSA) is 117 Å². The van der Waals surface area contributed by atoms with Crippen LogP contribution in [-0.4, -0.2) is 39.2 Å². The van der Waals surface area contributed by atoms with Crippen molar-refractivity contribution < 1.29 is 19.2 Å². The van der Waals surface area contributed by atoms with Crippen LogP contribution in [0.5, 0.6) is 0 Å². The first kappa shape index (κ1) is 18.1. The molecule has 4 rings (SSSR count). The monoisotopic (exact) mass is 390 g/mol. The van der Waals surface area contributed by atoms with E-state index in [-0.39, 0.29) is 17.7 Å². The Kier molecular flexibility index (Phi) is 4.96. The third-order valence-corrected chi connectivity index (χ3v) is 6.10. The van der Waals surface area contributed by atoms with Crippen LogP contribution in [0.1, 0.15) is 58.4 Å². The van der Waals surface area contributed by atoms with Crippen molar-refractivity contribution in [2.24, 2.45) is 5.92 Å². The van der Waals surface area contributed by atoms with Gasteiger partial charge in [0.2, 0.25) is 5.91 Å². The fourth-order valence-electron chi connectivity index (χ4n) is 3.43. The highest BCUT2D eigenvalue weighted by molar-refractivity contribution is 7.11. The van der Waals surface area contributed by atoms with Crippen LogP contribution in [0, 0.1) is 12.8 Å². The molecular weight excluding hydrogens is 368 g/mol. The molecule has 2 heterocycles. The van der Waals surface area contributed by atoms with E-state index < -0.39 is 12.1 Å². The highest BCUT2D eigenvalue weighted by Gasteiger charge is 2.38. The van der Waals surface area contributed by atoms with E-state index in [1.807, 2.05) is 6.07 Å². The number of hydrogen-bond acceptors (Lipinski definition) is 7. The molecule has 0 bridgehead atoms. The number of nitrogens with one attached hydrogen (secondary N) is 2. The van der Waals surface area contributed by atoms with Gasteiger partial charge in [0, 0.05) is 17.9 Å². The zero-order chi connectivity index (χ0) is 19.0. The molecule has 3 N–H and O–H groups in total. The van der Waals surface area contributed by atoms with Crippen LogP contribution in [-0.2, 0) is 11.3 Å². The molecule has 0 spiro atoms. The van der Waals surface area contributed by atoms with Crippen LogP contribution < -0.4 is 10.6 Å². The second kappa shape index (κ2) is 7.40. The molecule has 8 nitrogen and oxygen atoms in total. The van der Waals surface area contributed by atoms with Crippen molar-refractivity contribution in [1.29, 1.82) is 0 Å². The SMILES string of the molecule is Cc1ncsc1C(=O)N[C@H]1C[C@H](C(=O)NCc2cc(C3CC3)on2)C[C@@H]1O. The van der Waals surface area contributed by atoms with Gasteiger partial charge in [0.05, 0.1) is 29.9 Å². The van der Waals surface area contributed by atoms with Crippen molar-refractivity contribution in [3.63, 3.8) is 0 Å². The molecule has 3 atom stereocenters. The number of aryl methyl sites for hydroxylation is 1. The Hall–Kier alpha value is -2.26. The standard InChI is InChI=1S/C18H22N4O4S/c1-9-16(27-8-20-9)18(25)21-13-4-11(5-14(13)23)17(24)19-7-12-6-15(26-22-12)10-2-3-10/h6,8,10-11,13-14,23H,2-5,7H2,1H3,(H,19,24)(H,21,25)/t11-,13-,14-/m0/s1. The number of amides is 2. The maximum atomic E-state index is 12.4. The number of thiazole rings is 1. The van der Waals surface area contributed by atoms with Crippen molar-refractivity contribution >= 4 is 23.2 Å². The van der Waals surface area contributed by atoms with E-state index in [0.29, 0.717) is 41.6 Å². The molecule has 0 radical (unpaired) electrons. The molecule has 0 aliphatic heterocycles. The summed E-state index contributed by atoms with van der Waals surface area (Å²) in [5.74, 6) is 0.629. The Morgan fingerprint density at radius 3 is 2.89 bits per heavy atom. The first-order valence-electron chi connectivity index (χ1n) is 9.13. The molecule has 27 heavy (non-hydrogen) atoms. The first-order valence-corrected chi connectivity index (χ1v) is 10.0. The second-order valence-electron chi connectivity index (χ2n) is 7.30. The Morgan fingerprint density at radius 1 is 1.37 bits per heavy atom. The molecule has 0 unspecified atom stereocenters. The lowest BCUT2D eigenvalue weighted by atomic mass is 10.1. The Morgan fingerprint density at radius 2 is 2.19 bits per heavy atom. The number of nitrogens with zero attached hydrogens (tertiary/aromatic N) is 2. The van der Waals surface area contributed by atoms with Gasteiger partial charge in [0.1, 0.15) is 16.3 Å². The van der Waals surface area contributed by atoms with Gasteiger partial charge in [-0.1, -0.05) is 5.16 Å². The lowest BCUT2D eigenvalue weighted by Gasteiger charge is -2.15. The van der Waals surface area contributed by atoms with E-state index in [1.54, 1.807) is 12.4 Å². The molecule has 144 valence electrons. The van der Waals surface area contributed by atoms with E-state index in [9.17, 15) is 14.7 Å². The molecule has 0 aromatic carbocycles. The highest BCUT2D eigenvalue weighted by Crippen LogP contribution is 2.40. The Labute approximate surface area is 160 Å². The molecule has 2 amide bonds. The quantitative estimate of drug-likeness (QED) is 0.688. The molecular formula is C18H22N4O4S. The number of rotatable bonds is 6. The normalized spacial score (nSPS) is 24.7. The van der Waals surface area contributed by atoms with Gasteiger partial charge in [-0.05, 0) is 32.6 Å². The van der Waals surface area contributed by atoms with Crippen molar-refractivity contribution in [3.8, 4) is 0 Å². The molecule has 2 aliphatic rings. The van der Waals surface area contributed by atoms with Gasteiger partial charge in [-0.25, -0.2) is 4.98 Å². The summed E-state index contributed by atoms with van der Waals surface area (Å²) in [5.41, 5.74) is 2.98. The summed E-state index contributed by atoms with van der Waals surface area (Å²) in [5, 5.41) is 19.9. The highest BCUT2D eigenvalue weighted by atomic mass is 32.1. The number of aromatic nitrogens is 2. The summed E-state index contributed by atoms with van der Waals surface area (Å²) in [7, 11) is 0. The van der Waals surface area contributed by atoms with Crippen LogP contribution >= 0.6 is 11.3 Å². The molecule has 0 saturated heterocycles. The van der Waals surface area contributed by atoms with E-state index in [2.05, 4.69) is 20.8 Å². The minimum Gasteiger partial charge on any atom is -0.391 e. The average molecular weight is 390 g/mol. The zero-order valence-electron chi connectivity index (χ0n) is 15.0. The summed E-state index contributed by atoms with van der Waals surface area (Å²) >= 11 is 1.26. The van der Waals surface area contributed by atoms with Gasteiger partial charge >= 0.3 is 0 Å². The summed E-state index contributed by atoms with van der Waals surface area (Å²) in [6, 6.07) is 1.45. The largest absolute Gasteiger partial charge is 0.391 e. The van der Waals surface area contributed by atoms with Crippen molar-refractivity contribution in [1.82, 2.24) is 20.8 Å². The predicted octanol–water partition coefficient (Wildman–Crippen LogP) is 1.50. The third-order valence-electron chi connectivity index (χ3n) is 5.17. The van der Waals surface area contributed by atoms with E-state index in [4.69, 9.17) is 4.52 Å². The summed E-state index contributed by atoms with van der Waals surface area (Å²) in [6.45, 7) is 2.07. The average Bonchev–Trinajstić information content (AvgIpc) is 3.05. The Balaban J connectivity index is 1.28. The molecule has 2 aromatic rings.